The van der Waals surface area contributed by atoms with Crippen LogP contribution in [0, 0.1) is 57.7 Å². The SMILES string of the molecule is CC[C@@](C)(CC[C@@H](C)[C@H]1CC[C@H]2[C@@H]3CC[C@H]4C[C@@H](O)CC[C@]4(C)[C@H]3CC[C@]12C)C(C)C. The molecule has 31 heavy (non-hydrogen) atoms. The summed E-state index contributed by atoms with van der Waals surface area (Å²) >= 11 is 0. The van der Waals surface area contributed by atoms with Gasteiger partial charge in [-0.1, -0.05) is 54.9 Å². The molecule has 0 bridgehead atoms. The van der Waals surface area contributed by atoms with Gasteiger partial charge < -0.3 is 5.11 Å². The molecule has 1 heteroatoms. The summed E-state index contributed by atoms with van der Waals surface area (Å²) in [4.78, 5) is 0. The number of fused-ring (bicyclic) bond motifs is 5. The summed E-state index contributed by atoms with van der Waals surface area (Å²) in [5.41, 5.74) is 1.63. The molecule has 0 radical (unpaired) electrons. The van der Waals surface area contributed by atoms with E-state index in [1.165, 1.54) is 64.2 Å². The standard InChI is InChI=1S/C30H54O/c1-8-28(5,20(2)3)16-13-21(4)25-11-12-26-24-10-9-22-19-23(31)14-17-29(22,6)27(24)15-18-30(25,26)7/h20-27,31H,8-19H2,1-7H3/t21-,22+,23+,24+,25-,26+,27+,28+,29+,30-/m1/s1. The molecule has 4 rings (SSSR count). The van der Waals surface area contributed by atoms with Crippen LogP contribution in [0.25, 0.3) is 0 Å². The third kappa shape index (κ3) is 3.95. The van der Waals surface area contributed by atoms with Gasteiger partial charge in [-0.3, -0.25) is 0 Å². The van der Waals surface area contributed by atoms with Gasteiger partial charge in [0.1, 0.15) is 0 Å². The fraction of sp³-hybridized carbons (Fsp3) is 1.00. The largest absolute Gasteiger partial charge is 0.393 e. The molecule has 0 aromatic heterocycles. The van der Waals surface area contributed by atoms with E-state index in [0.717, 1.165) is 54.3 Å². The average molecular weight is 431 g/mol. The lowest BCUT2D eigenvalue weighted by molar-refractivity contribution is -0.129. The average Bonchev–Trinajstić information content (AvgIpc) is 3.09. The van der Waals surface area contributed by atoms with E-state index in [9.17, 15) is 5.11 Å². The molecule has 4 fully saturated rings. The van der Waals surface area contributed by atoms with E-state index < -0.39 is 0 Å². The molecule has 0 aliphatic heterocycles. The summed E-state index contributed by atoms with van der Waals surface area (Å²) in [5, 5.41) is 10.3. The lowest BCUT2D eigenvalue weighted by atomic mass is 9.44. The molecule has 10 atom stereocenters. The Balaban J connectivity index is 1.46. The summed E-state index contributed by atoms with van der Waals surface area (Å²) in [6.45, 7) is 17.8. The van der Waals surface area contributed by atoms with E-state index in [4.69, 9.17) is 0 Å². The zero-order valence-electron chi connectivity index (χ0n) is 22.1. The minimum atomic E-state index is -0.0140. The molecular weight excluding hydrogens is 376 g/mol. The summed E-state index contributed by atoms with van der Waals surface area (Å²) in [7, 11) is 0. The minimum absolute atomic E-state index is 0.0140. The molecule has 0 saturated heterocycles. The Morgan fingerprint density at radius 2 is 1.58 bits per heavy atom. The summed E-state index contributed by atoms with van der Waals surface area (Å²) < 4.78 is 0. The number of rotatable bonds is 6. The predicted molar refractivity (Wildman–Crippen MR) is 133 cm³/mol. The summed E-state index contributed by atoms with van der Waals surface area (Å²) in [5.74, 6) is 6.31. The normalized spacial score (nSPS) is 47.9. The molecule has 0 aromatic rings. The van der Waals surface area contributed by atoms with Crippen molar-refractivity contribution in [1.82, 2.24) is 0 Å². The second kappa shape index (κ2) is 8.63. The maximum Gasteiger partial charge on any atom is 0.0543 e. The van der Waals surface area contributed by atoms with Gasteiger partial charge in [0.25, 0.3) is 0 Å². The van der Waals surface area contributed by atoms with Gasteiger partial charge in [-0.05, 0) is 128 Å². The van der Waals surface area contributed by atoms with Gasteiger partial charge in [-0.25, -0.2) is 0 Å². The fourth-order valence-electron chi connectivity index (χ4n) is 9.84. The molecule has 4 saturated carbocycles. The maximum absolute atomic E-state index is 10.3. The molecule has 4 aliphatic carbocycles. The van der Waals surface area contributed by atoms with Crippen molar-refractivity contribution in [3.63, 3.8) is 0 Å². The lowest BCUT2D eigenvalue weighted by Crippen LogP contribution is -2.54. The van der Waals surface area contributed by atoms with Crippen molar-refractivity contribution in [3.8, 4) is 0 Å². The first-order chi connectivity index (χ1) is 14.5. The second-order valence-corrected chi connectivity index (χ2v) is 14.0. The van der Waals surface area contributed by atoms with Crippen LogP contribution in [0.15, 0.2) is 0 Å². The van der Waals surface area contributed by atoms with Crippen LogP contribution in [0.1, 0.15) is 126 Å². The van der Waals surface area contributed by atoms with Crippen LogP contribution in [0.5, 0.6) is 0 Å². The number of hydrogen-bond donors (Lipinski definition) is 1. The number of hydrogen-bond acceptors (Lipinski definition) is 1. The molecule has 4 aliphatic rings. The van der Waals surface area contributed by atoms with Gasteiger partial charge in [-0.2, -0.15) is 0 Å². The smallest absolute Gasteiger partial charge is 0.0543 e. The fourth-order valence-corrected chi connectivity index (χ4v) is 9.84. The van der Waals surface area contributed by atoms with Gasteiger partial charge in [0.05, 0.1) is 6.10 Å². The van der Waals surface area contributed by atoms with Gasteiger partial charge >= 0.3 is 0 Å². The third-order valence-corrected chi connectivity index (χ3v) is 12.8. The van der Waals surface area contributed by atoms with E-state index in [0.29, 0.717) is 16.2 Å². The first-order valence-electron chi connectivity index (χ1n) is 14.2. The topological polar surface area (TPSA) is 20.2 Å². The second-order valence-electron chi connectivity index (χ2n) is 14.0. The Morgan fingerprint density at radius 1 is 0.903 bits per heavy atom. The van der Waals surface area contributed by atoms with Gasteiger partial charge in [0.15, 0.2) is 0 Å². The minimum Gasteiger partial charge on any atom is -0.393 e. The molecule has 0 heterocycles. The molecule has 1 N–H and O–H groups in total. The highest BCUT2D eigenvalue weighted by atomic mass is 16.3. The van der Waals surface area contributed by atoms with Gasteiger partial charge in [0.2, 0.25) is 0 Å². The van der Waals surface area contributed by atoms with Crippen molar-refractivity contribution in [1.29, 1.82) is 0 Å². The third-order valence-electron chi connectivity index (χ3n) is 12.8. The maximum atomic E-state index is 10.3. The van der Waals surface area contributed by atoms with Crippen LogP contribution in [0.3, 0.4) is 0 Å². The molecule has 0 unspecified atom stereocenters. The van der Waals surface area contributed by atoms with Crippen LogP contribution in [-0.2, 0) is 0 Å². The Morgan fingerprint density at radius 3 is 2.26 bits per heavy atom. The molecule has 0 spiro atoms. The molecule has 0 amide bonds. The molecule has 180 valence electrons. The van der Waals surface area contributed by atoms with E-state index in [1.54, 1.807) is 0 Å². The van der Waals surface area contributed by atoms with E-state index in [2.05, 4.69) is 48.5 Å². The number of aliphatic hydroxyl groups is 1. The van der Waals surface area contributed by atoms with Gasteiger partial charge in [0, 0.05) is 0 Å². The van der Waals surface area contributed by atoms with Crippen LogP contribution in [0.4, 0.5) is 0 Å². The van der Waals surface area contributed by atoms with Crippen molar-refractivity contribution >= 4 is 0 Å². The van der Waals surface area contributed by atoms with Crippen molar-refractivity contribution < 1.29 is 5.11 Å². The summed E-state index contributed by atoms with van der Waals surface area (Å²) in [6.07, 6.45) is 16.4. The van der Waals surface area contributed by atoms with Crippen LogP contribution in [-0.4, -0.2) is 11.2 Å². The van der Waals surface area contributed by atoms with Crippen LogP contribution >= 0.6 is 0 Å². The predicted octanol–water partition coefficient (Wildman–Crippen LogP) is 8.49. The lowest BCUT2D eigenvalue weighted by Gasteiger charge is -2.61. The van der Waals surface area contributed by atoms with E-state index in [-0.39, 0.29) is 6.10 Å². The van der Waals surface area contributed by atoms with Gasteiger partial charge in [-0.15, -0.1) is 0 Å². The highest BCUT2D eigenvalue weighted by Gasteiger charge is 2.60. The van der Waals surface area contributed by atoms with Crippen molar-refractivity contribution in [2.45, 2.75) is 132 Å². The number of aliphatic hydroxyl groups excluding tert-OH is 1. The highest BCUT2D eigenvalue weighted by molar-refractivity contribution is 5.09. The monoisotopic (exact) mass is 430 g/mol. The van der Waals surface area contributed by atoms with Crippen LogP contribution in [0.2, 0.25) is 0 Å². The first kappa shape index (κ1) is 24.1. The molecule has 1 nitrogen and oxygen atoms in total. The Labute approximate surface area is 194 Å². The van der Waals surface area contributed by atoms with Crippen molar-refractivity contribution in [2.75, 3.05) is 0 Å². The Kier molecular flexibility index (Phi) is 6.71. The molecule has 0 aromatic carbocycles. The zero-order chi connectivity index (χ0) is 22.6. The van der Waals surface area contributed by atoms with Crippen molar-refractivity contribution in [2.24, 2.45) is 57.7 Å². The van der Waals surface area contributed by atoms with E-state index in [1.807, 2.05) is 0 Å². The van der Waals surface area contributed by atoms with E-state index >= 15 is 0 Å². The first-order valence-corrected chi connectivity index (χ1v) is 14.2. The zero-order valence-corrected chi connectivity index (χ0v) is 22.1. The highest BCUT2D eigenvalue weighted by Crippen LogP contribution is 2.68. The Hall–Kier alpha value is -0.0400. The Bertz CT molecular complexity index is 626. The quantitative estimate of drug-likeness (QED) is 0.448. The van der Waals surface area contributed by atoms with Crippen molar-refractivity contribution in [3.05, 3.63) is 0 Å². The van der Waals surface area contributed by atoms with Crippen LogP contribution < -0.4 is 0 Å². The summed E-state index contributed by atoms with van der Waals surface area (Å²) in [6, 6.07) is 0. The molecular formula is C30H54O.